The van der Waals surface area contributed by atoms with Gasteiger partial charge in [-0.25, -0.2) is 4.79 Å². The van der Waals surface area contributed by atoms with Gasteiger partial charge in [0.15, 0.2) is 0 Å². The van der Waals surface area contributed by atoms with E-state index < -0.39 is 6.09 Å². The van der Waals surface area contributed by atoms with Crippen molar-refractivity contribution in [2.45, 2.75) is 32.0 Å². The summed E-state index contributed by atoms with van der Waals surface area (Å²) >= 11 is 0. The molecule has 2 atom stereocenters. The van der Waals surface area contributed by atoms with Gasteiger partial charge in [-0.05, 0) is 30.5 Å². The highest BCUT2D eigenvalue weighted by Crippen LogP contribution is 2.31. The average molecular weight is 315 g/mol. The minimum absolute atomic E-state index is 0.161. The molecular formula is C18H21NO4. The number of amides is 1. The van der Waals surface area contributed by atoms with E-state index in [0.29, 0.717) is 19.7 Å². The van der Waals surface area contributed by atoms with E-state index in [0.717, 1.165) is 17.5 Å². The monoisotopic (exact) mass is 315 g/mol. The predicted molar refractivity (Wildman–Crippen MR) is 85.4 cm³/mol. The Morgan fingerprint density at radius 1 is 1.43 bits per heavy atom. The van der Waals surface area contributed by atoms with E-state index >= 15 is 0 Å². The van der Waals surface area contributed by atoms with E-state index in [4.69, 9.17) is 9.15 Å². The molecule has 1 N–H and O–H groups in total. The Kier molecular flexibility index (Phi) is 4.67. The van der Waals surface area contributed by atoms with Crippen LogP contribution < -0.4 is 0 Å². The summed E-state index contributed by atoms with van der Waals surface area (Å²) in [6, 6.07) is 10.1. The van der Waals surface area contributed by atoms with Crippen LogP contribution in [0.25, 0.3) is 0 Å². The second-order valence-corrected chi connectivity index (χ2v) is 6.02. The molecular weight excluding hydrogens is 294 g/mol. The lowest BCUT2D eigenvalue weighted by atomic mass is 9.88. The lowest BCUT2D eigenvalue weighted by Gasteiger charge is -2.36. The first-order valence-corrected chi connectivity index (χ1v) is 7.80. The molecule has 1 aromatic carbocycles. The van der Waals surface area contributed by atoms with Crippen molar-refractivity contribution < 1.29 is 19.1 Å². The summed E-state index contributed by atoms with van der Waals surface area (Å²) in [5, 5.41) is 9.25. The normalized spacial score (nSPS) is 21.3. The Balaban J connectivity index is 1.72. The molecule has 1 fully saturated rings. The summed E-state index contributed by atoms with van der Waals surface area (Å²) in [6.45, 7) is 3.44. The molecule has 0 spiro atoms. The Bertz CT molecular complexity index is 653. The van der Waals surface area contributed by atoms with Gasteiger partial charge in [-0.15, -0.1) is 0 Å². The fourth-order valence-corrected chi connectivity index (χ4v) is 3.13. The van der Waals surface area contributed by atoms with Crippen molar-refractivity contribution in [2.24, 2.45) is 0 Å². The number of aryl methyl sites for hydroxylation is 1. The van der Waals surface area contributed by atoms with Crippen molar-refractivity contribution in [2.75, 3.05) is 13.1 Å². The van der Waals surface area contributed by atoms with Crippen LogP contribution in [0, 0.1) is 6.92 Å². The van der Waals surface area contributed by atoms with Crippen molar-refractivity contribution in [3.8, 4) is 0 Å². The molecule has 3 rings (SSSR count). The van der Waals surface area contributed by atoms with Crippen LogP contribution in [0.4, 0.5) is 4.79 Å². The smallest absolute Gasteiger partial charge is 0.407 e. The van der Waals surface area contributed by atoms with Crippen LogP contribution in [0.1, 0.15) is 29.0 Å². The van der Waals surface area contributed by atoms with E-state index in [9.17, 15) is 9.90 Å². The maximum Gasteiger partial charge on any atom is 0.407 e. The molecule has 0 saturated carbocycles. The van der Waals surface area contributed by atoms with E-state index in [1.807, 2.05) is 31.2 Å². The van der Waals surface area contributed by atoms with Crippen LogP contribution in [0.3, 0.4) is 0 Å². The number of rotatable bonds is 4. The van der Waals surface area contributed by atoms with Crippen LogP contribution >= 0.6 is 0 Å². The molecule has 0 radical (unpaired) electrons. The van der Waals surface area contributed by atoms with Crippen LogP contribution in [0.5, 0.6) is 0 Å². The quantitative estimate of drug-likeness (QED) is 0.935. The van der Waals surface area contributed by atoms with Crippen LogP contribution in [-0.2, 0) is 11.3 Å². The summed E-state index contributed by atoms with van der Waals surface area (Å²) in [5.74, 6) is 0.161. The molecule has 1 amide bonds. The first-order chi connectivity index (χ1) is 11.1. The van der Waals surface area contributed by atoms with Gasteiger partial charge < -0.3 is 19.2 Å². The maximum atomic E-state index is 11.3. The standard InChI is InChI=1S/C18H21NO4/c1-13-3-2-4-14(9-13)11-23-17-10-19(18(20)21)7-5-16(17)15-6-8-22-12-15/h2-4,6,8-9,12,16-17H,5,7,10-11H2,1H3,(H,20,21). The Labute approximate surface area is 135 Å². The van der Waals surface area contributed by atoms with Crippen molar-refractivity contribution in [1.29, 1.82) is 0 Å². The predicted octanol–water partition coefficient (Wildman–Crippen LogP) is 3.64. The molecule has 5 nitrogen and oxygen atoms in total. The number of hydrogen-bond acceptors (Lipinski definition) is 3. The molecule has 1 aliphatic rings. The van der Waals surface area contributed by atoms with Crippen LogP contribution in [0.15, 0.2) is 47.3 Å². The third-order valence-corrected chi connectivity index (χ3v) is 4.35. The Hall–Kier alpha value is -2.27. The fourth-order valence-electron chi connectivity index (χ4n) is 3.13. The van der Waals surface area contributed by atoms with Gasteiger partial charge in [0.2, 0.25) is 0 Å². The minimum atomic E-state index is -0.889. The molecule has 1 aliphatic heterocycles. The van der Waals surface area contributed by atoms with Gasteiger partial charge in [-0.2, -0.15) is 0 Å². The van der Waals surface area contributed by atoms with E-state index in [1.165, 1.54) is 10.5 Å². The number of ether oxygens (including phenoxy) is 1. The molecule has 5 heteroatoms. The number of benzene rings is 1. The van der Waals surface area contributed by atoms with E-state index in [-0.39, 0.29) is 12.0 Å². The van der Waals surface area contributed by atoms with Gasteiger partial charge in [0.05, 0.1) is 31.8 Å². The van der Waals surface area contributed by atoms with Crippen molar-refractivity contribution in [1.82, 2.24) is 4.90 Å². The van der Waals surface area contributed by atoms with Crippen molar-refractivity contribution in [3.63, 3.8) is 0 Å². The molecule has 2 heterocycles. The largest absolute Gasteiger partial charge is 0.472 e. The van der Waals surface area contributed by atoms with E-state index in [2.05, 4.69) is 6.07 Å². The van der Waals surface area contributed by atoms with Crippen LogP contribution in [-0.4, -0.2) is 35.3 Å². The number of carboxylic acid groups (broad SMARTS) is 1. The first-order valence-electron chi connectivity index (χ1n) is 7.80. The highest BCUT2D eigenvalue weighted by Gasteiger charge is 2.33. The number of piperidine rings is 1. The second kappa shape index (κ2) is 6.87. The third kappa shape index (κ3) is 3.74. The zero-order valence-electron chi connectivity index (χ0n) is 13.1. The molecule has 1 aromatic heterocycles. The van der Waals surface area contributed by atoms with Crippen molar-refractivity contribution in [3.05, 3.63) is 59.5 Å². The number of nitrogens with zero attached hydrogens (tertiary/aromatic N) is 1. The lowest BCUT2D eigenvalue weighted by Crippen LogP contribution is -2.46. The number of hydrogen-bond donors (Lipinski definition) is 1. The third-order valence-electron chi connectivity index (χ3n) is 4.35. The van der Waals surface area contributed by atoms with E-state index in [1.54, 1.807) is 12.5 Å². The summed E-state index contributed by atoms with van der Waals surface area (Å²) in [4.78, 5) is 12.7. The zero-order valence-corrected chi connectivity index (χ0v) is 13.1. The Morgan fingerprint density at radius 2 is 2.30 bits per heavy atom. The minimum Gasteiger partial charge on any atom is -0.472 e. The first kappa shape index (κ1) is 15.6. The number of carbonyl (C=O) groups is 1. The summed E-state index contributed by atoms with van der Waals surface area (Å²) in [5.41, 5.74) is 3.36. The molecule has 2 aromatic rings. The topological polar surface area (TPSA) is 62.9 Å². The van der Waals surface area contributed by atoms with Gasteiger partial charge in [-0.1, -0.05) is 29.8 Å². The van der Waals surface area contributed by atoms with Crippen LogP contribution in [0.2, 0.25) is 0 Å². The summed E-state index contributed by atoms with van der Waals surface area (Å²) < 4.78 is 11.3. The summed E-state index contributed by atoms with van der Waals surface area (Å²) in [6.07, 6.45) is 3.06. The average Bonchev–Trinajstić information content (AvgIpc) is 3.07. The highest BCUT2D eigenvalue weighted by molar-refractivity contribution is 5.65. The van der Waals surface area contributed by atoms with Gasteiger partial charge in [0, 0.05) is 12.5 Å². The number of likely N-dealkylation sites (tertiary alicyclic amines) is 1. The highest BCUT2D eigenvalue weighted by atomic mass is 16.5. The van der Waals surface area contributed by atoms with Gasteiger partial charge in [-0.3, -0.25) is 0 Å². The molecule has 0 bridgehead atoms. The molecule has 2 unspecified atom stereocenters. The van der Waals surface area contributed by atoms with Crippen molar-refractivity contribution >= 4 is 6.09 Å². The molecule has 122 valence electrons. The van der Waals surface area contributed by atoms with Gasteiger partial charge in [0.25, 0.3) is 0 Å². The maximum absolute atomic E-state index is 11.3. The van der Waals surface area contributed by atoms with Gasteiger partial charge in [0.1, 0.15) is 0 Å². The summed E-state index contributed by atoms with van der Waals surface area (Å²) in [7, 11) is 0. The Morgan fingerprint density at radius 3 is 3.00 bits per heavy atom. The van der Waals surface area contributed by atoms with Gasteiger partial charge >= 0.3 is 6.09 Å². The SMILES string of the molecule is Cc1cccc(COC2CN(C(=O)O)CCC2c2ccoc2)c1. The molecule has 0 aliphatic carbocycles. The second-order valence-electron chi connectivity index (χ2n) is 6.02. The number of furan rings is 1. The zero-order chi connectivity index (χ0) is 16.2. The molecule has 23 heavy (non-hydrogen) atoms. The molecule has 1 saturated heterocycles. The fraction of sp³-hybridized carbons (Fsp3) is 0.389. The lowest BCUT2D eigenvalue weighted by molar-refractivity contribution is -0.0200.